The lowest BCUT2D eigenvalue weighted by atomic mass is 9.69. The molecule has 0 amide bonds. The van der Waals surface area contributed by atoms with E-state index in [-0.39, 0.29) is 0 Å². The van der Waals surface area contributed by atoms with Gasteiger partial charge >= 0.3 is 0 Å². The van der Waals surface area contributed by atoms with E-state index in [1.807, 2.05) is 12.3 Å². The lowest BCUT2D eigenvalue weighted by Gasteiger charge is -2.48. The first-order chi connectivity index (χ1) is 11.4. The average Bonchev–Trinajstić information content (AvgIpc) is 2.64. The van der Waals surface area contributed by atoms with E-state index in [0.717, 1.165) is 24.4 Å². The van der Waals surface area contributed by atoms with Gasteiger partial charge in [-0.3, -0.25) is 9.88 Å². The predicted octanol–water partition coefficient (Wildman–Crippen LogP) is 4.63. The van der Waals surface area contributed by atoms with Crippen molar-refractivity contribution in [2.24, 2.45) is 5.92 Å². The van der Waals surface area contributed by atoms with E-state index in [1.165, 1.54) is 44.3 Å². The first kappa shape index (κ1) is 14.9. The van der Waals surface area contributed by atoms with Crippen molar-refractivity contribution in [1.29, 1.82) is 0 Å². The van der Waals surface area contributed by atoms with Gasteiger partial charge in [-0.15, -0.1) is 0 Å². The number of nitrogens with zero attached hydrogens (tertiary/aromatic N) is 2. The van der Waals surface area contributed by atoms with Crippen LogP contribution in [0.3, 0.4) is 0 Å². The molecule has 2 aliphatic rings. The van der Waals surface area contributed by atoms with Crippen LogP contribution in [0.25, 0.3) is 0 Å². The molecule has 2 heterocycles. The fourth-order valence-electron chi connectivity index (χ4n) is 4.76. The van der Waals surface area contributed by atoms with Gasteiger partial charge in [0.15, 0.2) is 0 Å². The molecule has 0 N–H and O–H groups in total. The second-order valence-electron chi connectivity index (χ2n) is 7.11. The third-order valence-electron chi connectivity index (χ3n) is 5.81. The van der Waals surface area contributed by atoms with E-state index in [2.05, 4.69) is 52.3 Å². The van der Waals surface area contributed by atoms with E-state index in [1.54, 1.807) is 5.56 Å². The number of hydrogen-bond donors (Lipinski definition) is 0. The van der Waals surface area contributed by atoms with Crippen LogP contribution in [0.4, 0.5) is 0 Å². The summed E-state index contributed by atoms with van der Waals surface area (Å²) in [6.45, 7) is 2.22. The number of rotatable bonds is 3. The molecule has 0 spiro atoms. The summed E-state index contributed by atoms with van der Waals surface area (Å²) in [5.74, 6) is 1.57. The number of fused-ring (bicyclic) bond motifs is 1. The van der Waals surface area contributed by atoms with Crippen molar-refractivity contribution in [2.75, 3.05) is 6.54 Å². The van der Waals surface area contributed by atoms with E-state index >= 15 is 0 Å². The van der Waals surface area contributed by atoms with Gasteiger partial charge in [0.2, 0.25) is 0 Å². The van der Waals surface area contributed by atoms with Gasteiger partial charge in [0, 0.05) is 18.8 Å². The zero-order valence-electron chi connectivity index (χ0n) is 13.8. The average molecular weight is 306 g/mol. The summed E-state index contributed by atoms with van der Waals surface area (Å²) in [4.78, 5) is 7.26. The van der Waals surface area contributed by atoms with Gasteiger partial charge in [0.25, 0.3) is 0 Å². The number of piperidine rings is 1. The van der Waals surface area contributed by atoms with Crippen LogP contribution >= 0.6 is 0 Å². The minimum absolute atomic E-state index is 0.740. The summed E-state index contributed by atoms with van der Waals surface area (Å²) >= 11 is 0. The molecule has 0 bridgehead atoms. The first-order valence-corrected chi connectivity index (χ1v) is 9.11. The molecule has 1 aliphatic heterocycles. The highest BCUT2D eigenvalue weighted by atomic mass is 15.2. The van der Waals surface area contributed by atoms with Crippen LogP contribution in [0, 0.1) is 5.92 Å². The van der Waals surface area contributed by atoms with Gasteiger partial charge in [-0.1, -0.05) is 49.2 Å². The fraction of sp³-hybridized carbons (Fsp3) is 0.476. The molecule has 3 atom stereocenters. The highest BCUT2D eigenvalue weighted by Gasteiger charge is 2.39. The molecular weight excluding hydrogens is 280 g/mol. The summed E-state index contributed by atoms with van der Waals surface area (Å²) in [6, 6.07) is 18.2. The van der Waals surface area contributed by atoms with Crippen molar-refractivity contribution in [3.8, 4) is 0 Å². The number of benzene rings is 1. The highest BCUT2D eigenvalue weighted by molar-refractivity contribution is 5.22. The zero-order chi connectivity index (χ0) is 15.5. The summed E-state index contributed by atoms with van der Waals surface area (Å²) in [5.41, 5.74) is 2.77. The second kappa shape index (κ2) is 6.84. The monoisotopic (exact) mass is 306 g/mol. The largest absolute Gasteiger partial charge is 0.294 e. The summed E-state index contributed by atoms with van der Waals surface area (Å²) in [6.07, 6.45) is 8.76. The second-order valence-corrected chi connectivity index (χ2v) is 7.11. The predicted molar refractivity (Wildman–Crippen MR) is 94.2 cm³/mol. The van der Waals surface area contributed by atoms with Crippen LogP contribution in [0.1, 0.15) is 49.3 Å². The molecule has 1 aromatic heterocycles. The van der Waals surface area contributed by atoms with Crippen molar-refractivity contribution in [2.45, 2.75) is 50.6 Å². The first-order valence-electron chi connectivity index (χ1n) is 9.11. The Morgan fingerprint density at radius 3 is 2.57 bits per heavy atom. The maximum Gasteiger partial charge on any atom is 0.0544 e. The Kier molecular flexibility index (Phi) is 4.43. The quantitative estimate of drug-likeness (QED) is 0.822. The van der Waals surface area contributed by atoms with Crippen LogP contribution < -0.4 is 0 Å². The normalized spacial score (nSPS) is 28.3. The van der Waals surface area contributed by atoms with Crippen molar-refractivity contribution in [3.05, 3.63) is 66.0 Å². The molecule has 0 unspecified atom stereocenters. The van der Waals surface area contributed by atoms with Gasteiger partial charge in [-0.2, -0.15) is 0 Å². The highest BCUT2D eigenvalue weighted by Crippen LogP contribution is 2.44. The molecule has 1 saturated carbocycles. The maximum absolute atomic E-state index is 4.55. The maximum atomic E-state index is 4.55. The topological polar surface area (TPSA) is 16.1 Å². The van der Waals surface area contributed by atoms with E-state index in [4.69, 9.17) is 0 Å². The van der Waals surface area contributed by atoms with Crippen LogP contribution in [0.5, 0.6) is 0 Å². The molecule has 1 aliphatic carbocycles. The molecule has 23 heavy (non-hydrogen) atoms. The molecule has 2 heteroatoms. The Morgan fingerprint density at radius 1 is 0.913 bits per heavy atom. The molecule has 0 radical (unpaired) electrons. The van der Waals surface area contributed by atoms with Crippen LogP contribution in [0.15, 0.2) is 54.7 Å². The number of likely N-dealkylation sites (tertiary alicyclic amines) is 1. The SMILES string of the molecule is c1ccc([C@H]2CCN(Cc3ccccn3)[C@@H]3CCCC[C@H]23)cc1. The number of hydrogen-bond acceptors (Lipinski definition) is 2. The zero-order valence-corrected chi connectivity index (χ0v) is 13.8. The third kappa shape index (κ3) is 3.18. The van der Waals surface area contributed by atoms with Crippen molar-refractivity contribution in [3.63, 3.8) is 0 Å². The molecule has 2 aromatic rings. The smallest absolute Gasteiger partial charge is 0.0544 e. The standard InChI is InChI=1S/C21H26N2/c1-2-8-17(9-3-1)19-13-15-23(16-18-10-6-7-14-22-18)21-12-5-4-11-20(19)21/h1-3,6-10,14,19-21H,4-5,11-13,15-16H2/t19-,20-,21-/m1/s1. The van der Waals surface area contributed by atoms with Crippen LogP contribution in [-0.2, 0) is 6.54 Å². The Labute approximate surface area is 139 Å². The lowest BCUT2D eigenvalue weighted by molar-refractivity contribution is 0.0380. The molecule has 120 valence electrons. The molecule has 2 fully saturated rings. The Morgan fingerprint density at radius 2 is 1.74 bits per heavy atom. The Hall–Kier alpha value is -1.67. The minimum atomic E-state index is 0.740. The number of pyridine rings is 1. The van der Waals surface area contributed by atoms with Gasteiger partial charge in [0.1, 0.15) is 0 Å². The summed E-state index contributed by atoms with van der Waals surface area (Å²) in [5, 5.41) is 0. The number of aromatic nitrogens is 1. The molecule has 4 rings (SSSR count). The van der Waals surface area contributed by atoms with Crippen molar-refractivity contribution in [1.82, 2.24) is 9.88 Å². The Bertz CT molecular complexity index is 610. The molecular formula is C21H26N2. The van der Waals surface area contributed by atoms with Crippen molar-refractivity contribution >= 4 is 0 Å². The van der Waals surface area contributed by atoms with E-state index < -0.39 is 0 Å². The van der Waals surface area contributed by atoms with Gasteiger partial charge in [0.05, 0.1) is 5.69 Å². The van der Waals surface area contributed by atoms with E-state index in [9.17, 15) is 0 Å². The Balaban J connectivity index is 1.54. The lowest BCUT2D eigenvalue weighted by Crippen LogP contribution is -2.49. The fourth-order valence-corrected chi connectivity index (χ4v) is 4.76. The van der Waals surface area contributed by atoms with Crippen LogP contribution in [-0.4, -0.2) is 22.5 Å². The minimum Gasteiger partial charge on any atom is -0.294 e. The summed E-state index contributed by atoms with van der Waals surface area (Å²) in [7, 11) is 0. The van der Waals surface area contributed by atoms with E-state index in [0.29, 0.717) is 0 Å². The molecule has 1 aromatic carbocycles. The molecule has 1 saturated heterocycles. The van der Waals surface area contributed by atoms with Crippen molar-refractivity contribution < 1.29 is 0 Å². The van der Waals surface area contributed by atoms with Gasteiger partial charge in [-0.25, -0.2) is 0 Å². The van der Waals surface area contributed by atoms with Gasteiger partial charge < -0.3 is 0 Å². The van der Waals surface area contributed by atoms with Crippen LogP contribution in [0.2, 0.25) is 0 Å². The van der Waals surface area contributed by atoms with Gasteiger partial charge in [-0.05, 0) is 55.3 Å². The third-order valence-corrected chi connectivity index (χ3v) is 5.81. The summed E-state index contributed by atoms with van der Waals surface area (Å²) < 4.78 is 0. The molecule has 2 nitrogen and oxygen atoms in total.